The molecule has 0 radical (unpaired) electrons. The molecule has 9 nitrogen and oxygen atoms in total. The highest BCUT2D eigenvalue weighted by molar-refractivity contribution is 7.99. The third kappa shape index (κ3) is 5.43. The van der Waals surface area contributed by atoms with Gasteiger partial charge in [-0.1, -0.05) is 24.6 Å². The monoisotopic (exact) mass is 446 g/mol. The van der Waals surface area contributed by atoms with E-state index < -0.39 is 11.9 Å². The van der Waals surface area contributed by atoms with E-state index in [4.69, 9.17) is 9.47 Å². The van der Waals surface area contributed by atoms with Crippen LogP contribution in [0.15, 0.2) is 23.4 Å². The van der Waals surface area contributed by atoms with E-state index in [0.29, 0.717) is 16.8 Å². The summed E-state index contributed by atoms with van der Waals surface area (Å²) in [5.41, 5.74) is 0.582. The summed E-state index contributed by atoms with van der Waals surface area (Å²) in [6.07, 6.45) is 4.68. The van der Waals surface area contributed by atoms with Crippen LogP contribution in [0.25, 0.3) is 0 Å². The number of hydrogen-bond donors (Lipinski definition) is 1. The third-order valence-electron chi connectivity index (χ3n) is 5.17. The lowest BCUT2D eigenvalue weighted by atomic mass is 10.1. The summed E-state index contributed by atoms with van der Waals surface area (Å²) in [5, 5.41) is 12.1. The highest BCUT2D eigenvalue weighted by atomic mass is 32.2. The number of rotatable bonds is 8. The van der Waals surface area contributed by atoms with Crippen molar-refractivity contribution >= 4 is 35.3 Å². The minimum atomic E-state index is -0.619. The highest BCUT2D eigenvalue weighted by Crippen LogP contribution is 2.34. The zero-order chi connectivity index (χ0) is 22.4. The molecule has 31 heavy (non-hydrogen) atoms. The first-order valence-electron chi connectivity index (χ1n) is 10.1. The molecule has 10 heteroatoms. The minimum Gasteiger partial charge on any atom is -0.465 e. The van der Waals surface area contributed by atoms with Gasteiger partial charge in [-0.3, -0.25) is 4.79 Å². The average molecular weight is 447 g/mol. The molecule has 1 N–H and O–H groups in total. The van der Waals surface area contributed by atoms with Crippen molar-refractivity contribution in [2.45, 2.75) is 50.2 Å². The Kier molecular flexibility index (Phi) is 7.67. The van der Waals surface area contributed by atoms with Crippen LogP contribution in [0, 0.1) is 0 Å². The van der Waals surface area contributed by atoms with Crippen molar-refractivity contribution in [1.29, 1.82) is 0 Å². The fraction of sp³-hybridized carbons (Fsp3) is 0.476. The van der Waals surface area contributed by atoms with Crippen molar-refractivity contribution in [3.63, 3.8) is 0 Å². The molecule has 2 aromatic rings. The van der Waals surface area contributed by atoms with E-state index in [2.05, 4.69) is 20.1 Å². The van der Waals surface area contributed by atoms with Gasteiger partial charge in [-0.15, -0.1) is 10.2 Å². The van der Waals surface area contributed by atoms with Crippen LogP contribution in [0.4, 0.5) is 5.69 Å². The Morgan fingerprint density at radius 3 is 2.23 bits per heavy atom. The maximum atomic E-state index is 12.5. The van der Waals surface area contributed by atoms with Crippen molar-refractivity contribution in [2.24, 2.45) is 0 Å². The quantitative estimate of drug-likeness (QED) is 0.486. The number of carbonyl (C=O) groups is 3. The summed E-state index contributed by atoms with van der Waals surface area (Å²) in [5.74, 6) is 0.0108. The van der Waals surface area contributed by atoms with Crippen molar-refractivity contribution < 1.29 is 23.9 Å². The van der Waals surface area contributed by atoms with Crippen molar-refractivity contribution in [3.05, 3.63) is 35.2 Å². The second-order valence-corrected chi connectivity index (χ2v) is 8.13. The van der Waals surface area contributed by atoms with E-state index in [9.17, 15) is 14.4 Å². The summed E-state index contributed by atoms with van der Waals surface area (Å²) >= 11 is 1.30. The number of esters is 2. The first-order chi connectivity index (χ1) is 15.0. The Hall–Kier alpha value is -2.88. The molecule has 1 saturated carbocycles. The van der Waals surface area contributed by atoms with E-state index in [1.165, 1.54) is 57.0 Å². The molecular weight excluding hydrogens is 420 g/mol. The molecule has 0 aliphatic heterocycles. The Morgan fingerprint density at radius 1 is 1.06 bits per heavy atom. The number of amides is 1. The number of nitrogens with zero attached hydrogens (tertiary/aromatic N) is 3. The number of carbonyl (C=O) groups excluding carboxylic acids is 3. The smallest absolute Gasteiger partial charge is 0.337 e. The van der Waals surface area contributed by atoms with E-state index >= 15 is 0 Å². The van der Waals surface area contributed by atoms with Gasteiger partial charge in [-0.05, 0) is 38.0 Å². The lowest BCUT2D eigenvalue weighted by Crippen LogP contribution is -2.16. The molecule has 3 rings (SSSR count). The fourth-order valence-corrected chi connectivity index (χ4v) is 4.50. The summed E-state index contributed by atoms with van der Waals surface area (Å²) in [6.45, 7) is 2.78. The molecule has 1 aromatic heterocycles. The number of hydrogen-bond acceptors (Lipinski definition) is 8. The van der Waals surface area contributed by atoms with Gasteiger partial charge in [0, 0.05) is 18.2 Å². The van der Waals surface area contributed by atoms with Crippen LogP contribution < -0.4 is 5.32 Å². The van der Waals surface area contributed by atoms with E-state index in [-0.39, 0.29) is 22.8 Å². The van der Waals surface area contributed by atoms with Crippen molar-refractivity contribution in [3.8, 4) is 0 Å². The van der Waals surface area contributed by atoms with Crippen LogP contribution in [0.2, 0.25) is 0 Å². The molecule has 1 amide bonds. The maximum Gasteiger partial charge on any atom is 0.337 e. The number of anilines is 1. The molecule has 0 unspecified atom stereocenters. The zero-order valence-electron chi connectivity index (χ0n) is 17.8. The lowest BCUT2D eigenvalue weighted by Gasteiger charge is -2.12. The topological polar surface area (TPSA) is 112 Å². The second kappa shape index (κ2) is 10.4. The van der Waals surface area contributed by atoms with Gasteiger partial charge >= 0.3 is 11.9 Å². The van der Waals surface area contributed by atoms with Crippen LogP contribution in [-0.2, 0) is 20.8 Å². The summed E-state index contributed by atoms with van der Waals surface area (Å²) < 4.78 is 11.5. The van der Waals surface area contributed by atoms with Crippen molar-refractivity contribution in [1.82, 2.24) is 14.8 Å². The Labute approximate surface area is 184 Å². The molecule has 0 bridgehead atoms. The maximum absolute atomic E-state index is 12.5. The largest absolute Gasteiger partial charge is 0.465 e. The number of thioether (sulfide) groups is 1. The number of nitrogens with one attached hydrogen (secondary N) is 1. The standard InChI is InChI=1S/C21H26N4O5S/c1-4-25-18(13-7-5-6-8-13)23-24-21(25)31-12-17(26)22-16-10-14(19(27)29-2)9-15(11-16)20(28)30-3/h9-11,13H,4-8,12H2,1-3H3,(H,22,26). The Balaban J connectivity index is 1.69. The molecular formula is C21H26N4O5S. The molecule has 0 atom stereocenters. The predicted molar refractivity (Wildman–Crippen MR) is 115 cm³/mol. The van der Waals surface area contributed by atoms with Gasteiger partial charge in [0.1, 0.15) is 5.82 Å². The van der Waals surface area contributed by atoms with E-state index in [0.717, 1.165) is 25.2 Å². The Morgan fingerprint density at radius 2 is 1.68 bits per heavy atom. The molecule has 0 spiro atoms. The summed E-state index contributed by atoms with van der Waals surface area (Å²) in [4.78, 5) is 36.3. The van der Waals surface area contributed by atoms with Gasteiger partial charge in [-0.2, -0.15) is 0 Å². The molecule has 1 aliphatic carbocycles. The highest BCUT2D eigenvalue weighted by Gasteiger charge is 2.24. The number of benzene rings is 1. The predicted octanol–water partition coefficient (Wildman–Crippen LogP) is 3.26. The number of methoxy groups -OCH3 is 2. The van der Waals surface area contributed by atoms with Gasteiger partial charge in [0.2, 0.25) is 5.91 Å². The first-order valence-corrected chi connectivity index (χ1v) is 11.1. The molecule has 166 valence electrons. The first kappa shape index (κ1) is 22.8. The van der Waals surface area contributed by atoms with Gasteiger partial charge in [0.05, 0.1) is 31.1 Å². The normalized spacial score (nSPS) is 13.8. The van der Waals surface area contributed by atoms with Gasteiger partial charge in [-0.25, -0.2) is 9.59 Å². The van der Waals surface area contributed by atoms with E-state index in [1.54, 1.807) is 0 Å². The second-order valence-electron chi connectivity index (χ2n) is 7.19. The third-order valence-corrected chi connectivity index (χ3v) is 6.14. The summed E-state index contributed by atoms with van der Waals surface area (Å²) in [6, 6.07) is 4.26. The van der Waals surface area contributed by atoms with Crippen molar-refractivity contribution in [2.75, 3.05) is 25.3 Å². The SMILES string of the molecule is CCn1c(SCC(=O)Nc2cc(C(=O)OC)cc(C(=O)OC)c2)nnc1C1CCCC1. The molecule has 0 saturated heterocycles. The van der Waals surface area contributed by atoms with Crippen LogP contribution in [0.5, 0.6) is 0 Å². The fourth-order valence-electron chi connectivity index (χ4n) is 3.69. The number of ether oxygens (including phenoxy) is 2. The Bertz CT molecular complexity index is 934. The lowest BCUT2D eigenvalue weighted by molar-refractivity contribution is -0.113. The van der Waals surface area contributed by atoms with Gasteiger partial charge in [0.25, 0.3) is 0 Å². The number of aromatic nitrogens is 3. The molecule has 1 heterocycles. The van der Waals surface area contributed by atoms with Crippen LogP contribution in [0.1, 0.15) is 65.1 Å². The van der Waals surface area contributed by atoms with E-state index in [1.807, 2.05) is 6.92 Å². The minimum absolute atomic E-state index is 0.110. The van der Waals surface area contributed by atoms with Gasteiger partial charge < -0.3 is 19.4 Å². The van der Waals surface area contributed by atoms with Crippen LogP contribution in [0.3, 0.4) is 0 Å². The zero-order valence-corrected chi connectivity index (χ0v) is 18.7. The molecule has 1 fully saturated rings. The molecule has 1 aliphatic rings. The van der Waals surface area contributed by atoms with Gasteiger partial charge in [0.15, 0.2) is 5.16 Å². The van der Waals surface area contributed by atoms with Crippen LogP contribution >= 0.6 is 11.8 Å². The summed E-state index contributed by atoms with van der Waals surface area (Å²) in [7, 11) is 2.48. The van der Waals surface area contributed by atoms with Crippen LogP contribution in [-0.4, -0.2) is 52.6 Å². The molecule has 1 aromatic carbocycles. The average Bonchev–Trinajstić information content (AvgIpc) is 3.45.